The molecule has 0 aliphatic rings. The zero-order valence-electron chi connectivity index (χ0n) is 22.1. The molecular formula is C29H35N3O4S. The van der Waals surface area contributed by atoms with Crippen LogP contribution in [-0.2, 0) is 26.2 Å². The number of nitrogens with zero attached hydrogens (tertiary/aromatic N) is 2. The molecule has 1 N–H and O–H groups in total. The van der Waals surface area contributed by atoms with E-state index in [2.05, 4.69) is 5.32 Å². The van der Waals surface area contributed by atoms with Gasteiger partial charge in [-0.15, -0.1) is 0 Å². The number of hydrogen-bond donors (Lipinski definition) is 1. The first kappa shape index (κ1) is 27.9. The van der Waals surface area contributed by atoms with Gasteiger partial charge >= 0.3 is 0 Å². The van der Waals surface area contributed by atoms with Gasteiger partial charge in [0.15, 0.2) is 0 Å². The van der Waals surface area contributed by atoms with E-state index in [1.54, 1.807) is 43.3 Å². The Hall–Kier alpha value is -3.65. The molecule has 0 saturated heterocycles. The summed E-state index contributed by atoms with van der Waals surface area (Å²) in [4.78, 5) is 28.1. The second kappa shape index (κ2) is 12.1. The quantitative estimate of drug-likeness (QED) is 0.430. The van der Waals surface area contributed by atoms with Crippen LogP contribution in [0.15, 0.2) is 77.7 Å². The van der Waals surface area contributed by atoms with Crippen molar-refractivity contribution in [2.24, 2.45) is 0 Å². The lowest BCUT2D eigenvalue weighted by molar-refractivity contribution is -0.139. The number of anilines is 1. The summed E-state index contributed by atoms with van der Waals surface area (Å²) in [6, 6.07) is 20.4. The van der Waals surface area contributed by atoms with Crippen molar-refractivity contribution in [2.75, 3.05) is 17.4 Å². The van der Waals surface area contributed by atoms with E-state index in [1.165, 1.54) is 4.90 Å². The molecule has 0 heterocycles. The maximum Gasteiger partial charge on any atom is 0.264 e. The smallest absolute Gasteiger partial charge is 0.264 e. The minimum Gasteiger partial charge on any atom is -0.355 e. The number of benzene rings is 3. The number of carbonyl (C=O) groups is 2. The van der Waals surface area contributed by atoms with Crippen molar-refractivity contribution in [2.45, 2.75) is 52.1 Å². The van der Waals surface area contributed by atoms with Crippen molar-refractivity contribution in [1.82, 2.24) is 10.2 Å². The highest BCUT2D eigenvalue weighted by molar-refractivity contribution is 7.92. The Morgan fingerprint density at radius 3 is 2.14 bits per heavy atom. The lowest BCUT2D eigenvalue weighted by Crippen LogP contribution is -2.51. The second-order valence-corrected chi connectivity index (χ2v) is 11.0. The molecule has 3 aromatic rings. The molecule has 2 amide bonds. The molecule has 7 nitrogen and oxygen atoms in total. The zero-order chi connectivity index (χ0) is 27.2. The van der Waals surface area contributed by atoms with Crippen LogP contribution < -0.4 is 9.62 Å². The average Bonchev–Trinajstić information content (AvgIpc) is 2.88. The maximum absolute atomic E-state index is 13.8. The Labute approximate surface area is 220 Å². The lowest BCUT2D eigenvalue weighted by Gasteiger charge is -2.32. The average molecular weight is 522 g/mol. The molecule has 0 aliphatic carbocycles. The van der Waals surface area contributed by atoms with E-state index in [4.69, 9.17) is 0 Å². The minimum absolute atomic E-state index is 0.0931. The number of rotatable bonds is 10. The van der Waals surface area contributed by atoms with Gasteiger partial charge in [-0.3, -0.25) is 13.9 Å². The lowest BCUT2D eigenvalue weighted by atomic mass is 10.1. The Morgan fingerprint density at radius 1 is 0.892 bits per heavy atom. The zero-order valence-corrected chi connectivity index (χ0v) is 22.9. The van der Waals surface area contributed by atoms with E-state index in [0.29, 0.717) is 12.2 Å². The van der Waals surface area contributed by atoms with Gasteiger partial charge < -0.3 is 10.2 Å². The van der Waals surface area contributed by atoms with Gasteiger partial charge in [-0.25, -0.2) is 8.42 Å². The van der Waals surface area contributed by atoms with Gasteiger partial charge in [0.1, 0.15) is 12.6 Å². The number of hydrogen-bond acceptors (Lipinski definition) is 4. The molecule has 0 saturated carbocycles. The molecule has 3 aromatic carbocycles. The molecule has 8 heteroatoms. The topological polar surface area (TPSA) is 86.8 Å². The van der Waals surface area contributed by atoms with E-state index in [1.807, 2.05) is 64.1 Å². The summed E-state index contributed by atoms with van der Waals surface area (Å²) in [7, 11) is -4.07. The van der Waals surface area contributed by atoms with Crippen LogP contribution in [0.2, 0.25) is 0 Å². The van der Waals surface area contributed by atoms with Crippen molar-refractivity contribution in [1.29, 1.82) is 0 Å². The second-order valence-electron chi connectivity index (χ2n) is 9.17. The number of likely N-dealkylation sites (N-methyl/N-ethyl adjacent to an activating group) is 1. The Balaban J connectivity index is 2.04. The fourth-order valence-corrected chi connectivity index (χ4v) is 5.34. The Kier molecular flexibility index (Phi) is 9.10. The molecule has 1 atom stereocenters. The van der Waals surface area contributed by atoms with Gasteiger partial charge in [0.05, 0.1) is 10.6 Å². The fraction of sp³-hybridized carbons (Fsp3) is 0.310. The summed E-state index contributed by atoms with van der Waals surface area (Å²) < 4.78 is 28.8. The summed E-state index contributed by atoms with van der Waals surface area (Å²) in [5.41, 5.74) is 4.08. The summed E-state index contributed by atoms with van der Waals surface area (Å²) in [5.74, 6) is -0.776. The molecule has 0 unspecified atom stereocenters. The normalized spacial score (nSPS) is 12.0. The summed E-state index contributed by atoms with van der Waals surface area (Å²) >= 11 is 0. The van der Waals surface area contributed by atoms with Crippen LogP contribution in [0.25, 0.3) is 0 Å². The highest BCUT2D eigenvalue weighted by Gasteiger charge is 2.32. The standard InChI is InChI=1S/C29H35N3O4S/c1-6-30-29(34)24(5)31(19-25-10-8-7-9-11-25)28(33)20-32(26-15-14-22(3)23(4)18-26)37(35,36)27-16-12-21(2)13-17-27/h7-18,24H,6,19-20H2,1-5H3,(H,30,34)/t24-/m1/s1. The summed E-state index contributed by atoms with van der Waals surface area (Å²) in [5, 5.41) is 2.76. The van der Waals surface area contributed by atoms with Gasteiger partial charge in [-0.2, -0.15) is 0 Å². The van der Waals surface area contributed by atoms with Gasteiger partial charge in [-0.1, -0.05) is 54.1 Å². The SMILES string of the molecule is CCNC(=O)[C@@H](C)N(Cc1ccccc1)C(=O)CN(c1ccc(C)c(C)c1)S(=O)(=O)c1ccc(C)cc1. The number of carbonyl (C=O) groups excluding carboxylic acids is 2. The molecule has 0 aliphatic heterocycles. The van der Waals surface area contributed by atoms with Gasteiger partial charge in [0.2, 0.25) is 11.8 Å². The van der Waals surface area contributed by atoms with Crippen molar-refractivity contribution in [3.8, 4) is 0 Å². The van der Waals surface area contributed by atoms with Crippen molar-refractivity contribution in [3.05, 3.63) is 95.1 Å². The molecule has 0 bridgehead atoms. The highest BCUT2D eigenvalue weighted by Crippen LogP contribution is 2.26. The minimum atomic E-state index is -4.07. The van der Waals surface area contributed by atoms with Crippen LogP contribution in [0, 0.1) is 20.8 Å². The first-order chi connectivity index (χ1) is 17.5. The predicted molar refractivity (Wildman–Crippen MR) is 147 cm³/mol. The first-order valence-electron chi connectivity index (χ1n) is 12.3. The van der Waals surface area contributed by atoms with Crippen LogP contribution in [0.3, 0.4) is 0 Å². The van der Waals surface area contributed by atoms with Gasteiger partial charge in [0, 0.05) is 13.1 Å². The number of nitrogens with one attached hydrogen (secondary N) is 1. The third kappa shape index (κ3) is 6.77. The van der Waals surface area contributed by atoms with Crippen LogP contribution in [-0.4, -0.2) is 44.3 Å². The van der Waals surface area contributed by atoms with E-state index >= 15 is 0 Å². The molecule has 196 valence electrons. The molecular weight excluding hydrogens is 486 g/mol. The molecule has 0 radical (unpaired) electrons. The van der Waals surface area contributed by atoms with Crippen LogP contribution in [0.1, 0.15) is 36.1 Å². The van der Waals surface area contributed by atoms with Gasteiger partial charge in [-0.05, 0) is 75.6 Å². The highest BCUT2D eigenvalue weighted by atomic mass is 32.2. The van der Waals surface area contributed by atoms with Crippen molar-refractivity contribution < 1.29 is 18.0 Å². The summed E-state index contributed by atoms with van der Waals surface area (Å²) in [6.07, 6.45) is 0. The molecule has 0 spiro atoms. The third-order valence-corrected chi connectivity index (χ3v) is 8.17. The fourth-order valence-electron chi connectivity index (χ4n) is 3.93. The van der Waals surface area contributed by atoms with Gasteiger partial charge in [0.25, 0.3) is 10.0 Å². The van der Waals surface area contributed by atoms with Crippen LogP contribution >= 0.6 is 0 Å². The first-order valence-corrected chi connectivity index (χ1v) is 13.8. The summed E-state index contributed by atoms with van der Waals surface area (Å²) in [6.45, 7) is 9.33. The van der Waals surface area contributed by atoms with E-state index in [0.717, 1.165) is 26.6 Å². The van der Waals surface area contributed by atoms with E-state index < -0.39 is 28.5 Å². The molecule has 3 rings (SSSR count). The Bertz CT molecular complexity index is 1340. The van der Waals surface area contributed by atoms with Crippen molar-refractivity contribution >= 4 is 27.5 Å². The Morgan fingerprint density at radius 2 is 1.54 bits per heavy atom. The number of aryl methyl sites for hydroxylation is 3. The monoisotopic (exact) mass is 521 g/mol. The molecule has 37 heavy (non-hydrogen) atoms. The number of amides is 2. The maximum atomic E-state index is 13.8. The van der Waals surface area contributed by atoms with E-state index in [-0.39, 0.29) is 17.3 Å². The predicted octanol–water partition coefficient (Wildman–Crippen LogP) is 4.36. The number of sulfonamides is 1. The molecule has 0 fully saturated rings. The van der Waals surface area contributed by atoms with Crippen LogP contribution in [0.5, 0.6) is 0 Å². The largest absolute Gasteiger partial charge is 0.355 e. The molecule has 0 aromatic heterocycles. The van der Waals surface area contributed by atoms with E-state index in [9.17, 15) is 18.0 Å². The van der Waals surface area contributed by atoms with Crippen molar-refractivity contribution in [3.63, 3.8) is 0 Å². The third-order valence-electron chi connectivity index (χ3n) is 6.38. The van der Waals surface area contributed by atoms with Crippen LogP contribution in [0.4, 0.5) is 5.69 Å².